The molecule has 0 unspecified atom stereocenters. The Morgan fingerprint density at radius 1 is 1.09 bits per heavy atom. The minimum absolute atomic E-state index is 0.0256. The largest absolute Gasteiger partial charge is 0.352 e. The molecular weight excluding hydrogens is 428 g/mol. The van der Waals surface area contributed by atoms with E-state index in [4.69, 9.17) is 10.4 Å². The number of unbranched alkanes of at least 4 members (excludes halogenated alkanes) is 4. The van der Waals surface area contributed by atoms with Crippen molar-refractivity contribution in [2.45, 2.75) is 52.5 Å². The van der Waals surface area contributed by atoms with Gasteiger partial charge in [0.25, 0.3) is 11.5 Å². The van der Waals surface area contributed by atoms with Crippen LogP contribution in [0.25, 0.3) is 16.7 Å². The van der Waals surface area contributed by atoms with Crippen molar-refractivity contribution in [1.82, 2.24) is 24.3 Å². The average Bonchev–Trinajstić information content (AvgIpc) is 2.84. The van der Waals surface area contributed by atoms with Crippen LogP contribution in [0.4, 0.5) is 0 Å². The summed E-state index contributed by atoms with van der Waals surface area (Å²) >= 11 is 0. The second-order valence-electron chi connectivity index (χ2n) is 8.56. The number of fused-ring (bicyclic) bond motifs is 2. The van der Waals surface area contributed by atoms with E-state index in [1.165, 1.54) is 23.3 Å². The molecule has 0 aromatic carbocycles. The number of carbonyl (C=O) groups excluding carboxylic acids is 1. The van der Waals surface area contributed by atoms with Gasteiger partial charge in [-0.2, -0.15) is 0 Å². The molecule has 0 radical (unpaired) electrons. The Morgan fingerprint density at radius 3 is 2.62 bits per heavy atom. The van der Waals surface area contributed by atoms with Gasteiger partial charge in [-0.15, -0.1) is 0 Å². The Bertz CT molecular complexity index is 1440. The first-order valence-electron chi connectivity index (χ1n) is 11.8. The first-order valence-corrected chi connectivity index (χ1v) is 11.8. The van der Waals surface area contributed by atoms with E-state index in [2.05, 4.69) is 17.2 Å². The molecule has 8 heteroatoms. The second kappa shape index (κ2) is 10.4. The monoisotopic (exact) mass is 458 g/mol. The number of pyridine rings is 3. The summed E-state index contributed by atoms with van der Waals surface area (Å²) < 4.78 is 3.13. The summed E-state index contributed by atoms with van der Waals surface area (Å²) in [6, 6.07) is 8.90. The molecule has 0 fully saturated rings. The zero-order chi connectivity index (χ0) is 24.1. The molecule has 0 aliphatic rings. The quantitative estimate of drug-likeness (QED) is 0.295. The van der Waals surface area contributed by atoms with Crippen LogP contribution < -0.4 is 16.4 Å². The highest BCUT2D eigenvalue weighted by molar-refractivity contribution is 5.96. The number of nitrogens with zero attached hydrogens (tertiary/aromatic N) is 4. The Labute approximate surface area is 197 Å². The van der Waals surface area contributed by atoms with Crippen LogP contribution in [-0.4, -0.2) is 31.4 Å². The second-order valence-corrected chi connectivity index (χ2v) is 8.56. The molecule has 2 N–H and O–H groups in total. The molecule has 0 aliphatic carbocycles. The summed E-state index contributed by atoms with van der Waals surface area (Å²) in [6.07, 6.45) is 10.5. The van der Waals surface area contributed by atoms with Crippen molar-refractivity contribution in [3.63, 3.8) is 0 Å². The van der Waals surface area contributed by atoms with E-state index >= 15 is 0 Å². The van der Waals surface area contributed by atoms with Crippen LogP contribution in [-0.2, 0) is 6.54 Å². The number of amides is 1. The fourth-order valence-electron chi connectivity index (χ4n) is 4.12. The van der Waals surface area contributed by atoms with Crippen LogP contribution in [0.3, 0.4) is 0 Å². The van der Waals surface area contributed by atoms with Gasteiger partial charge in [-0.25, -0.2) is 4.98 Å². The normalized spacial score (nSPS) is 11.2. The fourth-order valence-corrected chi connectivity index (χ4v) is 4.12. The lowest BCUT2D eigenvalue weighted by atomic mass is 10.1. The van der Waals surface area contributed by atoms with Gasteiger partial charge in [0.05, 0.1) is 17.5 Å². The summed E-state index contributed by atoms with van der Waals surface area (Å²) in [5.41, 5.74) is 2.60. The van der Waals surface area contributed by atoms with Gasteiger partial charge in [0, 0.05) is 25.1 Å². The molecule has 8 nitrogen and oxygen atoms in total. The standard InChI is InChI=1S/C26H30N6O2/c1-3-4-5-6-7-12-29-25(33)20-16-21-24(30-23-18(2)9-8-15-31(23)26(21)34)32(22(20)27)17-19-10-13-28-14-11-19/h8-11,13-16,27H,3-7,12,17H2,1-2H3,(H,29,33). The highest BCUT2D eigenvalue weighted by Crippen LogP contribution is 2.14. The van der Waals surface area contributed by atoms with Crippen LogP contribution in [0.1, 0.15) is 60.5 Å². The predicted octanol–water partition coefficient (Wildman–Crippen LogP) is 3.58. The summed E-state index contributed by atoms with van der Waals surface area (Å²) in [5.74, 6) is -0.348. The zero-order valence-electron chi connectivity index (χ0n) is 19.7. The first kappa shape index (κ1) is 23.4. The first-order chi connectivity index (χ1) is 16.5. The number of aryl methyl sites for hydroxylation is 1. The maximum atomic E-state index is 13.4. The number of rotatable bonds is 9. The molecule has 0 aliphatic heterocycles. The lowest BCUT2D eigenvalue weighted by Gasteiger charge is -2.15. The van der Waals surface area contributed by atoms with Crippen molar-refractivity contribution in [2.75, 3.05) is 6.54 Å². The van der Waals surface area contributed by atoms with E-state index in [9.17, 15) is 9.59 Å². The summed E-state index contributed by atoms with van der Waals surface area (Å²) in [6.45, 7) is 4.90. The Balaban J connectivity index is 1.80. The van der Waals surface area contributed by atoms with Gasteiger partial charge in [-0.1, -0.05) is 38.7 Å². The Hall–Kier alpha value is -3.81. The summed E-state index contributed by atoms with van der Waals surface area (Å²) in [4.78, 5) is 35.3. The predicted molar refractivity (Wildman–Crippen MR) is 132 cm³/mol. The number of hydrogen-bond acceptors (Lipinski definition) is 5. The molecule has 176 valence electrons. The SMILES string of the molecule is CCCCCCCNC(=O)c1cc2c(=O)n3cccc(C)c3nc2n(Cc2ccncc2)c1=N. The number of hydrogen-bond donors (Lipinski definition) is 2. The molecule has 0 spiro atoms. The average molecular weight is 459 g/mol. The molecule has 4 aromatic rings. The Morgan fingerprint density at radius 2 is 1.85 bits per heavy atom. The molecule has 4 aromatic heterocycles. The summed E-state index contributed by atoms with van der Waals surface area (Å²) in [7, 11) is 0. The van der Waals surface area contributed by atoms with Gasteiger partial charge >= 0.3 is 0 Å². The lowest BCUT2D eigenvalue weighted by molar-refractivity contribution is 0.0950. The molecule has 4 heterocycles. The van der Waals surface area contributed by atoms with Crippen molar-refractivity contribution in [3.05, 3.63) is 81.5 Å². The molecule has 0 saturated heterocycles. The van der Waals surface area contributed by atoms with E-state index < -0.39 is 0 Å². The minimum atomic E-state index is -0.348. The van der Waals surface area contributed by atoms with Crippen LogP contribution in [0, 0.1) is 12.3 Å². The highest BCUT2D eigenvalue weighted by Gasteiger charge is 2.18. The van der Waals surface area contributed by atoms with Crippen LogP contribution in [0.15, 0.2) is 53.7 Å². The van der Waals surface area contributed by atoms with Gasteiger partial charge in [0.15, 0.2) is 0 Å². The smallest absolute Gasteiger partial charge is 0.267 e. The minimum Gasteiger partial charge on any atom is -0.352 e. The van der Waals surface area contributed by atoms with Crippen molar-refractivity contribution >= 4 is 22.6 Å². The van der Waals surface area contributed by atoms with Crippen LogP contribution >= 0.6 is 0 Å². The summed E-state index contributed by atoms with van der Waals surface area (Å²) in [5, 5.41) is 12.1. The zero-order valence-corrected chi connectivity index (χ0v) is 19.7. The molecule has 0 saturated carbocycles. The van der Waals surface area contributed by atoms with Crippen molar-refractivity contribution in [1.29, 1.82) is 5.41 Å². The number of nitrogens with one attached hydrogen (secondary N) is 2. The van der Waals surface area contributed by atoms with E-state index in [-0.39, 0.29) is 22.5 Å². The van der Waals surface area contributed by atoms with Crippen molar-refractivity contribution in [2.24, 2.45) is 0 Å². The highest BCUT2D eigenvalue weighted by atomic mass is 16.1. The third-order valence-corrected chi connectivity index (χ3v) is 6.03. The van der Waals surface area contributed by atoms with Gasteiger partial charge in [-0.05, 0) is 48.7 Å². The third-order valence-electron chi connectivity index (χ3n) is 6.03. The van der Waals surface area contributed by atoms with E-state index in [1.807, 2.05) is 25.1 Å². The van der Waals surface area contributed by atoms with Gasteiger partial charge < -0.3 is 9.88 Å². The number of aromatic nitrogens is 4. The van der Waals surface area contributed by atoms with E-state index in [1.54, 1.807) is 29.2 Å². The molecule has 34 heavy (non-hydrogen) atoms. The molecular formula is C26H30N6O2. The molecule has 4 rings (SSSR count). The topological polar surface area (TPSA) is 105 Å². The van der Waals surface area contributed by atoms with Crippen molar-refractivity contribution in [3.8, 4) is 0 Å². The molecule has 0 atom stereocenters. The number of carbonyl (C=O) groups is 1. The lowest BCUT2D eigenvalue weighted by Crippen LogP contribution is -2.35. The van der Waals surface area contributed by atoms with Crippen molar-refractivity contribution < 1.29 is 4.79 Å². The van der Waals surface area contributed by atoms with Gasteiger partial charge in [-0.3, -0.25) is 24.4 Å². The molecule has 1 amide bonds. The van der Waals surface area contributed by atoms with Gasteiger partial charge in [0.1, 0.15) is 16.8 Å². The Kier molecular flexibility index (Phi) is 7.15. The van der Waals surface area contributed by atoms with Crippen LogP contribution in [0.2, 0.25) is 0 Å². The van der Waals surface area contributed by atoms with E-state index in [0.29, 0.717) is 29.8 Å². The van der Waals surface area contributed by atoms with Gasteiger partial charge in [0.2, 0.25) is 0 Å². The maximum Gasteiger partial charge on any atom is 0.267 e. The molecule has 0 bridgehead atoms. The maximum absolute atomic E-state index is 13.4. The fraction of sp³-hybridized carbons (Fsp3) is 0.346. The van der Waals surface area contributed by atoms with E-state index in [0.717, 1.165) is 30.4 Å². The third kappa shape index (κ3) is 4.76. The van der Waals surface area contributed by atoms with Crippen LogP contribution in [0.5, 0.6) is 0 Å².